The van der Waals surface area contributed by atoms with Crippen molar-refractivity contribution >= 4 is 17.9 Å². The second-order valence-corrected chi connectivity index (χ2v) is 22.7. The molecule has 0 aromatic heterocycles. The first-order chi connectivity index (χ1) is 40.5. The number of ether oxygens (including phenoxy) is 3. The summed E-state index contributed by atoms with van der Waals surface area (Å²) in [5, 5.41) is 0. The van der Waals surface area contributed by atoms with Gasteiger partial charge < -0.3 is 14.2 Å². The van der Waals surface area contributed by atoms with Gasteiger partial charge in [0.15, 0.2) is 6.10 Å². The first-order valence-electron chi connectivity index (χ1n) is 34.5. The number of carbonyl (C=O) groups excluding carboxylic acids is 3. The minimum atomic E-state index is -0.796. The zero-order chi connectivity index (χ0) is 59.2. The van der Waals surface area contributed by atoms with E-state index < -0.39 is 6.10 Å². The van der Waals surface area contributed by atoms with E-state index >= 15 is 0 Å². The second kappa shape index (κ2) is 69.3. The lowest BCUT2D eigenvalue weighted by Crippen LogP contribution is -2.30. The van der Waals surface area contributed by atoms with Gasteiger partial charge in [0.05, 0.1) is 0 Å². The molecule has 1 atom stereocenters. The topological polar surface area (TPSA) is 78.9 Å². The van der Waals surface area contributed by atoms with E-state index in [1.807, 2.05) is 0 Å². The highest BCUT2D eigenvalue weighted by Gasteiger charge is 2.19. The molecule has 0 radical (unpaired) electrons. The van der Waals surface area contributed by atoms with Gasteiger partial charge in [0, 0.05) is 19.3 Å². The lowest BCUT2D eigenvalue weighted by Gasteiger charge is -2.18. The lowest BCUT2D eigenvalue weighted by atomic mass is 10.0. The summed E-state index contributed by atoms with van der Waals surface area (Å²) in [5.41, 5.74) is 0. The summed E-state index contributed by atoms with van der Waals surface area (Å²) >= 11 is 0. The third-order valence-corrected chi connectivity index (χ3v) is 14.7. The van der Waals surface area contributed by atoms with Crippen LogP contribution in [-0.2, 0) is 28.6 Å². The minimum absolute atomic E-state index is 0.0915. The first-order valence-corrected chi connectivity index (χ1v) is 34.5. The Kier molecular flexibility index (Phi) is 65.8. The third kappa shape index (κ3) is 66.6. The van der Waals surface area contributed by atoms with Crippen LogP contribution in [0.1, 0.15) is 323 Å². The highest BCUT2D eigenvalue weighted by molar-refractivity contribution is 5.71. The molecule has 0 aliphatic rings. The van der Waals surface area contributed by atoms with Crippen LogP contribution in [0.2, 0.25) is 0 Å². The van der Waals surface area contributed by atoms with Crippen LogP contribution in [0, 0.1) is 0 Å². The molecule has 1 unspecified atom stereocenters. The van der Waals surface area contributed by atoms with Crippen LogP contribution in [0.4, 0.5) is 0 Å². The van der Waals surface area contributed by atoms with Crippen LogP contribution in [-0.4, -0.2) is 37.2 Å². The molecule has 0 amide bonds. The van der Waals surface area contributed by atoms with E-state index in [-0.39, 0.29) is 31.1 Å². The SMILES string of the molecule is CC/C=C\C/C=C\C/C=C\C/C=C\C/C=C\C/C=C\CCCCCCCCC(=O)OCC(COC(=O)CCCCCCC/C=C\C/C=C\CCCC)OC(=O)CCCCCCCCCCCCCCC/C=C\C/C=C\CCCCCCC. The molecule has 0 aliphatic heterocycles. The van der Waals surface area contributed by atoms with Gasteiger partial charge in [-0.2, -0.15) is 0 Å². The molecule has 0 fully saturated rings. The molecule has 0 rings (SSSR count). The fourth-order valence-electron chi connectivity index (χ4n) is 9.49. The Hall–Kier alpha value is -4.19. The van der Waals surface area contributed by atoms with E-state index in [1.54, 1.807) is 0 Å². The Balaban J connectivity index is 4.37. The highest BCUT2D eigenvalue weighted by atomic mass is 16.6. The van der Waals surface area contributed by atoms with E-state index in [0.717, 1.165) is 141 Å². The Morgan fingerprint density at radius 3 is 0.780 bits per heavy atom. The van der Waals surface area contributed by atoms with Crippen LogP contribution in [0.3, 0.4) is 0 Å². The van der Waals surface area contributed by atoms with Crippen LogP contribution in [0.5, 0.6) is 0 Å². The number of unbranched alkanes of at least 4 members (excludes halogenated alkanes) is 31. The molecule has 0 aromatic rings. The summed E-state index contributed by atoms with van der Waals surface area (Å²) in [6.45, 7) is 6.48. The number of carbonyl (C=O) groups is 3. The van der Waals surface area contributed by atoms with Crippen molar-refractivity contribution in [2.75, 3.05) is 13.2 Å². The van der Waals surface area contributed by atoms with Crippen LogP contribution in [0.15, 0.2) is 122 Å². The summed E-state index contributed by atoms with van der Waals surface area (Å²) in [5.74, 6) is -0.911. The molecule has 0 aliphatic carbocycles. The molecule has 0 bridgehead atoms. The van der Waals surface area contributed by atoms with E-state index in [9.17, 15) is 14.4 Å². The van der Waals surface area contributed by atoms with E-state index in [2.05, 4.69) is 142 Å². The maximum atomic E-state index is 13.0. The summed E-state index contributed by atoms with van der Waals surface area (Å²) in [4.78, 5) is 38.4. The van der Waals surface area contributed by atoms with Crippen molar-refractivity contribution in [2.45, 2.75) is 329 Å². The molecular weight excluding hydrogens is 1010 g/mol. The van der Waals surface area contributed by atoms with Crippen LogP contribution < -0.4 is 0 Å². The van der Waals surface area contributed by atoms with E-state index in [4.69, 9.17) is 14.2 Å². The van der Waals surface area contributed by atoms with E-state index in [1.165, 1.54) is 141 Å². The number of allylic oxidation sites excluding steroid dienone is 20. The Labute approximate surface area is 507 Å². The molecule has 0 saturated heterocycles. The van der Waals surface area contributed by atoms with Gasteiger partial charge in [-0.3, -0.25) is 14.4 Å². The fraction of sp³-hybridized carbons (Fsp3) is 0.697. The molecule has 0 N–H and O–H groups in total. The largest absolute Gasteiger partial charge is 0.462 e. The summed E-state index contributed by atoms with van der Waals surface area (Å²) in [6, 6.07) is 0. The molecule has 468 valence electrons. The maximum absolute atomic E-state index is 13.0. The van der Waals surface area contributed by atoms with Gasteiger partial charge >= 0.3 is 17.9 Å². The number of esters is 3. The molecule has 82 heavy (non-hydrogen) atoms. The van der Waals surface area contributed by atoms with Crippen molar-refractivity contribution in [2.24, 2.45) is 0 Å². The molecule has 0 aromatic carbocycles. The smallest absolute Gasteiger partial charge is 0.306 e. The molecule has 0 heterocycles. The molecular formula is C76H128O6. The second-order valence-electron chi connectivity index (χ2n) is 22.7. The van der Waals surface area contributed by atoms with Gasteiger partial charge in [0.2, 0.25) is 0 Å². The van der Waals surface area contributed by atoms with Crippen molar-refractivity contribution in [1.82, 2.24) is 0 Å². The fourth-order valence-corrected chi connectivity index (χ4v) is 9.49. The van der Waals surface area contributed by atoms with Crippen molar-refractivity contribution < 1.29 is 28.6 Å². The predicted molar refractivity (Wildman–Crippen MR) is 357 cm³/mol. The first kappa shape index (κ1) is 77.8. The molecule has 6 heteroatoms. The Morgan fingerprint density at radius 2 is 0.488 bits per heavy atom. The van der Waals surface area contributed by atoms with Gasteiger partial charge in [-0.15, -0.1) is 0 Å². The van der Waals surface area contributed by atoms with Gasteiger partial charge in [0.1, 0.15) is 13.2 Å². The predicted octanol–water partition coefficient (Wildman–Crippen LogP) is 23.9. The third-order valence-electron chi connectivity index (χ3n) is 14.7. The van der Waals surface area contributed by atoms with Crippen molar-refractivity contribution in [3.63, 3.8) is 0 Å². The van der Waals surface area contributed by atoms with Gasteiger partial charge in [0.25, 0.3) is 0 Å². The molecule has 0 saturated carbocycles. The van der Waals surface area contributed by atoms with Gasteiger partial charge in [-0.25, -0.2) is 0 Å². The van der Waals surface area contributed by atoms with Crippen molar-refractivity contribution in [3.05, 3.63) is 122 Å². The number of hydrogen-bond acceptors (Lipinski definition) is 6. The number of hydrogen-bond donors (Lipinski definition) is 0. The highest BCUT2D eigenvalue weighted by Crippen LogP contribution is 2.16. The minimum Gasteiger partial charge on any atom is -0.462 e. The zero-order valence-corrected chi connectivity index (χ0v) is 53.7. The Bertz CT molecular complexity index is 1690. The maximum Gasteiger partial charge on any atom is 0.306 e. The van der Waals surface area contributed by atoms with Gasteiger partial charge in [-0.1, -0.05) is 296 Å². The molecule has 6 nitrogen and oxygen atoms in total. The summed E-state index contributed by atoms with van der Waals surface area (Å²) < 4.78 is 17.0. The van der Waals surface area contributed by atoms with E-state index in [0.29, 0.717) is 19.3 Å². The monoisotopic (exact) mass is 1140 g/mol. The number of rotatable bonds is 62. The van der Waals surface area contributed by atoms with Crippen LogP contribution >= 0.6 is 0 Å². The Morgan fingerprint density at radius 1 is 0.256 bits per heavy atom. The average molecular weight is 1140 g/mol. The summed E-state index contributed by atoms with van der Waals surface area (Å²) in [6.07, 6.45) is 96.4. The standard InChI is InChI=1S/C76H128O6/c1-4-7-10-13-16-19-22-25-28-30-32-34-36-38-40-42-44-46-48-51-54-57-60-63-66-69-75(78)81-72-73(71-80-74(77)68-65-62-59-56-53-50-27-24-21-18-15-12-9-6-3)82-76(79)70-67-64-61-58-55-52-49-47-45-43-41-39-37-35-33-31-29-26-23-20-17-14-11-8-5-2/h7,10,15-16,18-19,23-28,31-34,38,40,44,46,73H,4-6,8-9,11-14,17,20-22,29-30,35-37,39,41-43,45,47-72H2,1-3H3/b10-7-,18-15-,19-16-,26-23-,27-24-,28-25-,33-31-,34-32-,40-38-,46-44-. The average Bonchev–Trinajstić information content (AvgIpc) is 3.47. The normalized spacial score (nSPS) is 12.9. The van der Waals surface area contributed by atoms with Crippen molar-refractivity contribution in [3.8, 4) is 0 Å². The zero-order valence-electron chi connectivity index (χ0n) is 53.7. The molecule has 0 spiro atoms. The quantitative estimate of drug-likeness (QED) is 0.0261. The van der Waals surface area contributed by atoms with Crippen LogP contribution in [0.25, 0.3) is 0 Å². The summed E-state index contributed by atoms with van der Waals surface area (Å²) in [7, 11) is 0. The van der Waals surface area contributed by atoms with Gasteiger partial charge in [-0.05, 0) is 128 Å². The van der Waals surface area contributed by atoms with Crippen molar-refractivity contribution in [1.29, 1.82) is 0 Å². The lowest BCUT2D eigenvalue weighted by molar-refractivity contribution is -0.167.